The predicted octanol–water partition coefficient (Wildman–Crippen LogP) is 10.7. The van der Waals surface area contributed by atoms with Gasteiger partial charge in [0.15, 0.2) is 5.78 Å². The molecule has 3 spiro atoms. The van der Waals surface area contributed by atoms with Crippen molar-refractivity contribution in [2.75, 3.05) is 82.1 Å². The third-order valence-corrected chi connectivity index (χ3v) is 23.2. The minimum atomic E-state index is -0.680. The van der Waals surface area contributed by atoms with E-state index in [1.54, 1.807) is 7.11 Å². The van der Waals surface area contributed by atoms with Gasteiger partial charge in [0.1, 0.15) is 28.5 Å². The molecule has 6 aliphatic heterocycles. The second-order valence-corrected chi connectivity index (χ2v) is 31.6. The Kier molecular flexibility index (Phi) is 43.5. The van der Waals surface area contributed by atoms with Crippen LogP contribution in [0.3, 0.4) is 0 Å². The van der Waals surface area contributed by atoms with Crippen molar-refractivity contribution in [1.29, 1.82) is 0 Å². The number of carboxylic acids is 1. The number of rotatable bonds is 43. The standard InChI is InChI=1S/C27H47NO5.C26H45NO5.C16H24O4.C11H23NO2.CH4O.Li.H2O/c1-20(2)14-15-22-26(3,33-22)25-24(31-5)21(16-17-27(25)19-32-27)28-18-12-10-8-6-7-9-11-13-23(29)30-4;1-19(2)13-14-21-25(3,32-21)24-23(30-4)20(15-16-26(24)18-31-26)27-17-11-9-7-5-6-8-10-12-22(28)29;1-10(2)5-6-12-15(3,20-12)14-13(18-4)11(17)7-8-16(14)9-19-16;1-14-11(13)9-7-5-3-2-4-6-8-10-12;1-2;;/h14,21-22,24-25,28H,6-13,15-19H2,1-5H3;13,20-21,23-24,27H,5-12,14-18H2,1-4H3,(H,28,29);5,12-14H,6-9H2,1-4H3;2-10,12H2,1H3;2H,1H3;;1H2/q;;;;;+1;/p-1/t21-,22-,24-,25-,26+,27+;20-,21-,23-,24-,25+,26+;12-,13-,14-,15+,16+;;;;/m111..../s1. The van der Waals surface area contributed by atoms with Crippen LogP contribution in [0.1, 0.15) is 274 Å². The SMILES string of the molecule is CO.COC(=O)CCCCCCCCCN.COC(=O)CCCCCCCCCN[C@@H]1CC[C@]2(CO2)[C@@H]([C@@]2(C)O[C@@H]2CC=C(C)C)[C@@H]1OC.CO[C@@H]1C(=O)CC[C@]2(CO2)[C@H]1[C@@]1(C)O[C@@H]1CC=C(C)C.CO[C@@H]1[C@H](NCCCCCCCCCC(=O)O)CC[C@]2(CO2)[C@H]1[C@@]1(C)O[C@@H]1CC=C(C)C.[Li+].[OH-]. The van der Waals surface area contributed by atoms with Crippen LogP contribution in [-0.2, 0) is 71.3 Å². The first-order valence-electron chi connectivity index (χ1n) is 39.4. The average molecular weight is 1450 g/mol. The Morgan fingerprint density at radius 1 is 0.485 bits per heavy atom. The number of epoxide rings is 6. The Balaban J connectivity index is 0.000000367. The number of aliphatic carboxylic acids is 1. The number of Topliss-reactive ketones (excluding diaryl/α,β-unsaturated/α-hetero) is 1. The summed E-state index contributed by atoms with van der Waals surface area (Å²) in [5, 5.41) is 23.3. The molecular formula is C81H144LiN3O18. The molecular weight excluding hydrogens is 1310 g/mol. The van der Waals surface area contributed by atoms with Crippen molar-refractivity contribution in [3.63, 3.8) is 0 Å². The van der Waals surface area contributed by atoms with Crippen LogP contribution in [0.25, 0.3) is 0 Å². The maximum atomic E-state index is 12.2. The number of unbranched alkanes of at least 4 members (excludes halogenated alkanes) is 18. The van der Waals surface area contributed by atoms with Gasteiger partial charge in [0.25, 0.3) is 0 Å². The molecule has 21 nitrogen and oxygen atoms in total. The molecule has 0 aromatic carbocycles. The zero-order chi connectivity index (χ0) is 74.3. The van der Waals surface area contributed by atoms with E-state index in [0.717, 1.165) is 149 Å². The van der Waals surface area contributed by atoms with Gasteiger partial charge in [-0.1, -0.05) is 131 Å². The maximum absolute atomic E-state index is 12.2. The van der Waals surface area contributed by atoms with E-state index in [4.69, 9.17) is 58.6 Å². The number of nitrogens with two attached hydrogens (primary N) is 1. The number of esters is 2. The van der Waals surface area contributed by atoms with Crippen molar-refractivity contribution < 1.29 is 106 Å². The van der Waals surface area contributed by atoms with E-state index in [-0.39, 0.29) is 130 Å². The van der Waals surface area contributed by atoms with E-state index >= 15 is 0 Å². The molecule has 9 rings (SSSR count). The number of ketones is 1. The fourth-order valence-electron chi connectivity index (χ4n) is 16.8. The van der Waals surface area contributed by atoms with Crippen LogP contribution in [0.15, 0.2) is 34.9 Å². The number of hydrogen-bond acceptors (Lipinski definition) is 20. The summed E-state index contributed by atoms with van der Waals surface area (Å²) in [4.78, 5) is 44.6. The van der Waals surface area contributed by atoms with E-state index in [2.05, 4.69) is 101 Å². The molecule has 103 heavy (non-hydrogen) atoms. The summed E-state index contributed by atoms with van der Waals surface area (Å²) in [5.74, 6) is -0.0962. The Morgan fingerprint density at radius 2 is 0.796 bits per heavy atom. The number of aliphatic hydroxyl groups excluding tert-OH is 1. The molecule has 0 amide bonds. The molecule has 0 radical (unpaired) electrons. The number of nitrogens with one attached hydrogen (secondary N) is 2. The molecule has 6 heterocycles. The third-order valence-electron chi connectivity index (χ3n) is 23.2. The van der Waals surface area contributed by atoms with Crippen molar-refractivity contribution in [1.82, 2.24) is 10.6 Å². The van der Waals surface area contributed by atoms with Crippen LogP contribution in [0.5, 0.6) is 0 Å². The third kappa shape index (κ3) is 29.6. The fourth-order valence-corrected chi connectivity index (χ4v) is 16.8. The molecule has 3 saturated carbocycles. The van der Waals surface area contributed by atoms with Gasteiger partial charge in [-0.2, -0.15) is 0 Å². The van der Waals surface area contributed by atoms with E-state index < -0.39 is 5.97 Å². The quantitative estimate of drug-likeness (QED) is 0.0125. The molecule has 17 atom stereocenters. The average Bonchev–Trinajstić information content (AvgIpc) is 1.55. The first-order chi connectivity index (χ1) is 48.4. The van der Waals surface area contributed by atoms with Gasteiger partial charge in [0.2, 0.25) is 0 Å². The summed E-state index contributed by atoms with van der Waals surface area (Å²) in [5.41, 5.74) is 8.49. The van der Waals surface area contributed by atoms with Crippen LogP contribution < -0.4 is 35.2 Å². The van der Waals surface area contributed by atoms with Crippen molar-refractivity contribution in [2.24, 2.45) is 23.5 Å². The van der Waals surface area contributed by atoms with Crippen LogP contribution in [-0.4, -0.2) is 204 Å². The zero-order valence-electron chi connectivity index (χ0n) is 67.2. The monoisotopic (exact) mass is 1450 g/mol. The Bertz CT molecular complexity index is 2530. The number of carbonyl (C=O) groups is 4. The van der Waals surface area contributed by atoms with Crippen molar-refractivity contribution >= 4 is 23.7 Å². The van der Waals surface area contributed by atoms with Crippen LogP contribution in [0.4, 0.5) is 0 Å². The van der Waals surface area contributed by atoms with Gasteiger partial charge in [0, 0.05) is 78.0 Å². The Labute approximate surface area is 634 Å². The van der Waals surface area contributed by atoms with Crippen molar-refractivity contribution in [3.8, 4) is 0 Å². The number of allylic oxidation sites excluding steroid dienone is 3. The summed E-state index contributed by atoms with van der Waals surface area (Å²) in [6.07, 6.45) is 41.6. The minimum Gasteiger partial charge on any atom is -0.870 e. The van der Waals surface area contributed by atoms with Gasteiger partial charge < -0.3 is 84.2 Å². The maximum Gasteiger partial charge on any atom is 1.00 e. The number of aliphatic hydroxyl groups is 1. The molecule has 7 N–H and O–H groups in total. The normalized spacial score (nSPS) is 32.7. The van der Waals surface area contributed by atoms with Crippen molar-refractivity contribution in [2.45, 2.75) is 357 Å². The first kappa shape index (κ1) is 94.5. The number of ether oxygens (including phenoxy) is 11. The second-order valence-electron chi connectivity index (χ2n) is 31.6. The molecule has 592 valence electrons. The first-order valence-corrected chi connectivity index (χ1v) is 39.4. The van der Waals surface area contributed by atoms with Crippen LogP contribution >= 0.6 is 0 Å². The van der Waals surface area contributed by atoms with Gasteiger partial charge in [-0.3, -0.25) is 19.2 Å². The molecule has 9 fully saturated rings. The molecule has 0 bridgehead atoms. The summed E-state index contributed by atoms with van der Waals surface area (Å²) in [6, 6.07) is 0.708. The Morgan fingerprint density at radius 3 is 1.10 bits per heavy atom. The van der Waals surface area contributed by atoms with Gasteiger partial charge in [-0.15, -0.1) is 0 Å². The molecule has 6 saturated heterocycles. The van der Waals surface area contributed by atoms with Crippen LogP contribution in [0, 0.1) is 17.8 Å². The van der Waals surface area contributed by atoms with Gasteiger partial charge >= 0.3 is 36.8 Å². The van der Waals surface area contributed by atoms with Gasteiger partial charge in [0.05, 0.1) is 81.7 Å². The topological polar surface area (TPSA) is 310 Å². The summed E-state index contributed by atoms with van der Waals surface area (Å²) < 4.78 is 63.4. The van der Waals surface area contributed by atoms with E-state index in [0.29, 0.717) is 37.8 Å². The molecule has 0 aromatic rings. The molecule has 3 aliphatic carbocycles. The van der Waals surface area contributed by atoms with Gasteiger partial charge in [-0.05, 0) is 172 Å². The smallest absolute Gasteiger partial charge is 0.870 e. The number of carboxylic acid groups (broad SMARTS) is 1. The predicted molar refractivity (Wildman–Crippen MR) is 399 cm³/mol. The number of hydrogen-bond donors (Lipinski definition) is 5. The molecule has 0 unspecified atom stereocenters. The summed E-state index contributed by atoms with van der Waals surface area (Å²) in [6.45, 7) is 24.7. The second kappa shape index (κ2) is 47.4. The summed E-state index contributed by atoms with van der Waals surface area (Å²) in [7, 11) is 9.21. The number of carbonyl (C=O) groups excluding carboxylic acids is 3. The largest absolute Gasteiger partial charge is 1.00 e. The molecule has 0 aromatic heterocycles. The van der Waals surface area contributed by atoms with Crippen LogP contribution in [0.2, 0.25) is 0 Å². The zero-order valence-corrected chi connectivity index (χ0v) is 67.2. The number of methoxy groups -OCH3 is 5. The molecule has 9 aliphatic rings. The Hall–Kier alpha value is -2.66. The van der Waals surface area contributed by atoms with E-state index in [9.17, 15) is 19.2 Å². The van der Waals surface area contributed by atoms with E-state index in [1.807, 2.05) is 14.2 Å². The van der Waals surface area contributed by atoms with E-state index in [1.165, 1.54) is 114 Å². The molecule has 22 heteroatoms. The van der Waals surface area contributed by atoms with Crippen molar-refractivity contribution in [3.05, 3.63) is 34.9 Å². The minimum absolute atomic E-state index is 0. The fraction of sp³-hybridized carbons (Fsp3) is 0.877. The van der Waals surface area contributed by atoms with Gasteiger partial charge in [-0.25, -0.2) is 0 Å². The summed E-state index contributed by atoms with van der Waals surface area (Å²) >= 11 is 0.